The summed E-state index contributed by atoms with van der Waals surface area (Å²) in [5, 5.41) is 4.11. The zero-order valence-corrected chi connectivity index (χ0v) is 12.6. The molecule has 1 N–H and O–H groups in total. The highest BCUT2D eigenvalue weighted by Crippen LogP contribution is 2.38. The van der Waals surface area contributed by atoms with E-state index in [1.165, 1.54) is 25.7 Å². The minimum Gasteiger partial charge on any atom is -0.379 e. The Bertz CT molecular complexity index is 406. The molecule has 0 saturated heterocycles. The highest BCUT2D eigenvalue weighted by atomic mass is 79.9. The second-order valence-electron chi connectivity index (χ2n) is 5.42. The first-order chi connectivity index (χ1) is 7.99. The SMILES string of the molecule is CC1(C)CCCCC1Nc1cc(Br)cnc1Cl. The first-order valence-electron chi connectivity index (χ1n) is 6.06. The van der Waals surface area contributed by atoms with E-state index in [-0.39, 0.29) is 0 Å². The van der Waals surface area contributed by atoms with Crippen LogP contribution >= 0.6 is 27.5 Å². The number of nitrogens with one attached hydrogen (secondary N) is 1. The number of aromatic nitrogens is 1. The van der Waals surface area contributed by atoms with Crippen LogP contribution in [-0.4, -0.2) is 11.0 Å². The lowest BCUT2D eigenvalue weighted by Crippen LogP contribution is -2.39. The van der Waals surface area contributed by atoms with Crippen molar-refractivity contribution in [1.29, 1.82) is 0 Å². The first-order valence-corrected chi connectivity index (χ1v) is 7.24. The lowest BCUT2D eigenvalue weighted by molar-refractivity contribution is 0.217. The van der Waals surface area contributed by atoms with Gasteiger partial charge in [-0.05, 0) is 40.3 Å². The normalized spacial score (nSPS) is 23.4. The molecule has 0 aromatic carbocycles. The molecule has 1 heterocycles. The van der Waals surface area contributed by atoms with E-state index in [4.69, 9.17) is 11.6 Å². The Hall–Kier alpha value is -0.280. The lowest BCUT2D eigenvalue weighted by Gasteiger charge is -2.39. The van der Waals surface area contributed by atoms with Crippen molar-refractivity contribution in [1.82, 2.24) is 4.98 Å². The van der Waals surface area contributed by atoms with Crippen molar-refractivity contribution in [3.63, 3.8) is 0 Å². The Labute approximate surface area is 116 Å². The molecule has 4 heteroatoms. The standard InChI is InChI=1S/C13H18BrClN2/c1-13(2)6-4-3-5-11(13)17-10-7-9(14)8-16-12(10)15/h7-8,11,17H,3-6H2,1-2H3. The van der Waals surface area contributed by atoms with Crippen LogP contribution < -0.4 is 5.32 Å². The average molecular weight is 318 g/mol. The van der Waals surface area contributed by atoms with Crippen LogP contribution in [0.3, 0.4) is 0 Å². The van der Waals surface area contributed by atoms with Crippen LogP contribution in [0.2, 0.25) is 5.15 Å². The summed E-state index contributed by atoms with van der Waals surface area (Å²) in [4.78, 5) is 4.15. The van der Waals surface area contributed by atoms with Crippen molar-refractivity contribution in [2.45, 2.75) is 45.6 Å². The number of rotatable bonds is 2. The van der Waals surface area contributed by atoms with Crippen molar-refractivity contribution < 1.29 is 0 Å². The Morgan fingerprint density at radius 1 is 1.47 bits per heavy atom. The van der Waals surface area contributed by atoms with E-state index in [9.17, 15) is 0 Å². The minimum atomic E-state index is 0.323. The molecule has 17 heavy (non-hydrogen) atoms. The van der Waals surface area contributed by atoms with Crippen molar-refractivity contribution in [3.05, 3.63) is 21.9 Å². The third kappa shape index (κ3) is 3.14. The molecule has 0 radical (unpaired) electrons. The molecule has 94 valence electrons. The second kappa shape index (κ2) is 5.15. The quantitative estimate of drug-likeness (QED) is 0.786. The molecule has 1 atom stereocenters. The molecule has 0 amide bonds. The van der Waals surface area contributed by atoms with Gasteiger partial charge in [-0.1, -0.05) is 38.3 Å². The summed E-state index contributed by atoms with van der Waals surface area (Å²) in [6.45, 7) is 4.65. The van der Waals surface area contributed by atoms with Gasteiger partial charge in [0, 0.05) is 16.7 Å². The predicted octanol–water partition coefficient (Wildman–Crippen LogP) is 4.88. The first kappa shape index (κ1) is 13.2. The Morgan fingerprint density at radius 2 is 2.24 bits per heavy atom. The van der Waals surface area contributed by atoms with Crippen LogP contribution in [0.1, 0.15) is 39.5 Å². The summed E-state index contributed by atoms with van der Waals surface area (Å²) in [6.07, 6.45) is 6.81. The van der Waals surface area contributed by atoms with Gasteiger partial charge >= 0.3 is 0 Å². The van der Waals surface area contributed by atoms with Gasteiger partial charge in [0.25, 0.3) is 0 Å². The van der Waals surface area contributed by atoms with E-state index in [0.717, 1.165) is 10.2 Å². The minimum absolute atomic E-state index is 0.323. The number of halogens is 2. The largest absolute Gasteiger partial charge is 0.379 e. The number of nitrogens with zero attached hydrogens (tertiary/aromatic N) is 1. The van der Waals surface area contributed by atoms with Gasteiger partial charge < -0.3 is 5.32 Å². The fourth-order valence-electron chi connectivity index (χ4n) is 2.47. The van der Waals surface area contributed by atoms with E-state index < -0.39 is 0 Å². The zero-order chi connectivity index (χ0) is 12.5. The Balaban J connectivity index is 2.16. The monoisotopic (exact) mass is 316 g/mol. The topological polar surface area (TPSA) is 24.9 Å². The van der Waals surface area contributed by atoms with E-state index in [0.29, 0.717) is 16.6 Å². The van der Waals surface area contributed by atoms with Gasteiger partial charge in [-0.2, -0.15) is 0 Å². The summed E-state index contributed by atoms with van der Waals surface area (Å²) in [5.41, 5.74) is 1.25. The highest BCUT2D eigenvalue weighted by molar-refractivity contribution is 9.10. The predicted molar refractivity (Wildman–Crippen MR) is 76.6 cm³/mol. The lowest BCUT2D eigenvalue weighted by atomic mass is 9.73. The maximum atomic E-state index is 6.11. The maximum absolute atomic E-state index is 6.11. The third-order valence-electron chi connectivity index (χ3n) is 3.64. The van der Waals surface area contributed by atoms with E-state index in [1.807, 2.05) is 6.07 Å². The van der Waals surface area contributed by atoms with Crippen molar-refractivity contribution in [3.8, 4) is 0 Å². The van der Waals surface area contributed by atoms with Gasteiger partial charge in [-0.15, -0.1) is 0 Å². The van der Waals surface area contributed by atoms with Crippen LogP contribution in [0.15, 0.2) is 16.7 Å². The van der Waals surface area contributed by atoms with Crippen LogP contribution in [0.5, 0.6) is 0 Å². The van der Waals surface area contributed by atoms with Crippen LogP contribution in [0, 0.1) is 5.41 Å². The number of hydrogen-bond acceptors (Lipinski definition) is 2. The number of pyridine rings is 1. The number of hydrogen-bond donors (Lipinski definition) is 1. The van der Waals surface area contributed by atoms with Gasteiger partial charge in [-0.25, -0.2) is 4.98 Å². The molecule has 1 aromatic heterocycles. The molecule has 1 unspecified atom stereocenters. The summed E-state index contributed by atoms with van der Waals surface area (Å²) < 4.78 is 0.956. The second-order valence-corrected chi connectivity index (χ2v) is 6.70. The van der Waals surface area contributed by atoms with Gasteiger partial charge in [0.2, 0.25) is 0 Å². The van der Waals surface area contributed by atoms with Gasteiger partial charge in [0.15, 0.2) is 5.15 Å². The van der Waals surface area contributed by atoms with Gasteiger partial charge in [0.1, 0.15) is 0 Å². The molecule has 1 aromatic rings. The fourth-order valence-corrected chi connectivity index (χ4v) is 2.96. The average Bonchev–Trinajstić information content (AvgIpc) is 2.26. The van der Waals surface area contributed by atoms with Crippen LogP contribution in [-0.2, 0) is 0 Å². The smallest absolute Gasteiger partial charge is 0.152 e. The zero-order valence-electron chi connectivity index (χ0n) is 10.3. The molecule has 0 bridgehead atoms. The molecule has 0 aliphatic heterocycles. The van der Waals surface area contributed by atoms with Crippen molar-refractivity contribution >= 4 is 33.2 Å². The molecule has 1 aliphatic carbocycles. The summed E-state index contributed by atoms with van der Waals surface area (Å²) >= 11 is 9.54. The highest BCUT2D eigenvalue weighted by Gasteiger charge is 2.32. The molecular formula is C13H18BrClN2. The van der Waals surface area contributed by atoms with Crippen molar-refractivity contribution in [2.24, 2.45) is 5.41 Å². The molecular weight excluding hydrogens is 300 g/mol. The summed E-state index contributed by atoms with van der Waals surface area (Å²) in [7, 11) is 0. The van der Waals surface area contributed by atoms with Crippen molar-refractivity contribution in [2.75, 3.05) is 5.32 Å². The molecule has 2 nitrogen and oxygen atoms in total. The van der Waals surface area contributed by atoms with Gasteiger partial charge in [0.05, 0.1) is 5.69 Å². The van der Waals surface area contributed by atoms with Gasteiger partial charge in [-0.3, -0.25) is 0 Å². The molecule has 1 fully saturated rings. The van der Waals surface area contributed by atoms with E-state index in [2.05, 4.69) is 40.1 Å². The third-order valence-corrected chi connectivity index (χ3v) is 4.38. The molecule has 1 aliphatic rings. The summed E-state index contributed by atoms with van der Waals surface area (Å²) in [5.74, 6) is 0. The Morgan fingerprint density at radius 3 is 2.94 bits per heavy atom. The molecule has 0 spiro atoms. The maximum Gasteiger partial charge on any atom is 0.152 e. The van der Waals surface area contributed by atoms with E-state index in [1.54, 1.807) is 6.20 Å². The van der Waals surface area contributed by atoms with E-state index >= 15 is 0 Å². The Kier molecular flexibility index (Phi) is 3.99. The molecule has 2 rings (SSSR count). The summed E-state index contributed by atoms with van der Waals surface area (Å²) in [6, 6.07) is 2.48. The van der Waals surface area contributed by atoms with Crippen LogP contribution in [0.25, 0.3) is 0 Å². The fraction of sp³-hybridized carbons (Fsp3) is 0.615. The molecule has 1 saturated carbocycles. The number of anilines is 1. The van der Waals surface area contributed by atoms with Crippen LogP contribution in [0.4, 0.5) is 5.69 Å².